The highest BCUT2D eigenvalue weighted by Gasteiger charge is 2.24. The molecule has 0 heterocycles. The van der Waals surface area contributed by atoms with Crippen LogP contribution in [0.3, 0.4) is 0 Å². The Kier molecular flexibility index (Phi) is 7.59. The van der Waals surface area contributed by atoms with Gasteiger partial charge in [0.05, 0.1) is 4.90 Å². The number of sulfonamides is 1. The van der Waals surface area contributed by atoms with Crippen molar-refractivity contribution in [3.63, 3.8) is 0 Å². The predicted octanol–water partition coefficient (Wildman–Crippen LogP) is 3.15. The molecule has 0 saturated carbocycles. The molecule has 1 aromatic carbocycles. The number of likely N-dealkylation sites (N-methyl/N-ethyl adjacent to an activating group) is 1. The summed E-state index contributed by atoms with van der Waals surface area (Å²) in [7, 11) is -3.49. The molecule has 0 aliphatic carbocycles. The monoisotopic (exact) mass is 374 g/mol. The van der Waals surface area contributed by atoms with Crippen LogP contribution in [0.5, 0.6) is 0 Å². The molecule has 0 aliphatic rings. The van der Waals surface area contributed by atoms with Gasteiger partial charge in [-0.05, 0) is 46.6 Å². The molecule has 0 fully saturated rings. The molecule has 118 valence electrons. The van der Waals surface area contributed by atoms with E-state index in [-0.39, 0.29) is 0 Å². The minimum absolute atomic E-state index is 0.297. The summed E-state index contributed by atoms with van der Waals surface area (Å²) in [4.78, 5) is 0.297. The molecule has 0 unspecified atom stereocenters. The summed E-state index contributed by atoms with van der Waals surface area (Å²) in [5.41, 5.74) is 1.06. The van der Waals surface area contributed by atoms with E-state index in [1.165, 1.54) is 4.31 Å². The molecule has 1 N–H and O–H groups in total. The van der Waals surface area contributed by atoms with Crippen LogP contribution in [0.1, 0.15) is 25.8 Å². The van der Waals surface area contributed by atoms with Gasteiger partial charge in [0.25, 0.3) is 0 Å². The van der Waals surface area contributed by atoms with Crippen molar-refractivity contribution in [2.75, 3.05) is 19.6 Å². The third kappa shape index (κ3) is 4.92. The molecular formula is C15H23BrN2O2S. The van der Waals surface area contributed by atoms with Gasteiger partial charge in [-0.2, -0.15) is 4.31 Å². The Labute approximate surface area is 136 Å². The molecule has 0 spiro atoms. The summed E-state index contributed by atoms with van der Waals surface area (Å²) in [6.45, 7) is 9.94. The molecule has 0 saturated heterocycles. The van der Waals surface area contributed by atoms with Crippen molar-refractivity contribution in [2.45, 2.75) is 31.7 Å². The first-order valence-electron chi connectivity index (χ1n) is 7.07. The molecule has 0 aliphatic heterocycles. The van der Waals surface area contributed by atoms with Crippen LogP contribution in [0.25, 0.3) is 0 Å². The van der Waals surface area contributed by atoms with Crippen molar-refractivity contribution in [3.05, 3.63) is 40.9 Å². The van der Waals surface area contributed by atoms with E-state index in [1.54, 1.807) is 12.1 Å². The third-order valence-electron chi connectivity index (χ3n) is 3.06. The Morgan fingerprint density at radius 1 is 1.38 bits per heavy atom. The fourth-order valence-electron chi connectivity index (χ4n) is 1.95. The van der Waals surface area contributed by atoms with Crippen molar-refractivity contribution in [3.8, 4) is 0 Å². The number of halogens is 1. The highest BCUT2D eigenvalue weighted by Crippen LogP contribution is 2.26. The van der Waals surface area contributed by atoms with Gasteiger partial charge in [-0.25, -0.2) is 8.42 Å². The van der Waals surface area contributed by atoms with Crippen LogP contribution in [0.4, 0.5) is 0 Å². The quantitative estimate of drug-likeness (QED) is 0.533. The molecule has 0 amide bonds. The molecule has 1 aromatic rings. The molecule has 0 radical (unpaired) electrons. The van der Waals surface area contributed by atoms with E-state index in [9.17, 15) is 8.42 Å². The summed E-state index contributed by atoms with van der Waals surface area (Å²) in [6.07, 6.45) is 2.67. The van der Waals surface area contributed by atoms with Crippen molar-refractivity contribution in [1.29, 1.82) is 0 Å². The van der Waals surface area contributed by atoms with Crippen LogP contribution in [-0.2, 0) is 16.6 Å². The standard InChI is InChI=1S/C15H23BrN2O2S/c1-4-9-17-12-13-7-8-15(14(16)11-13)21(19,20)18(6-3)10-5-2/h5,7-8,11,17H,2,4,6,9-10,12H2,1,3H3. The fourth-order valence-corrected chi connectivity index (χ4v) is 4.46. The summed E-state index contributed by atoms with van der Waals surface area (Å²) >= 11 is 3.38. The smallest absolute Gasteiger partial charge is 0.244 e. The lowest BCUT2D eigenvalue weighted by atomic mass is 10.2. The average Bonchev–Trinajstić information content (AvgIpc) is 2.44. The molecule has 0 atom stereocenters. The minimum atomic E-state index is -3.49. The highest BCUT2D eigenvalue weighted by molar-refractivity contribution is 9.10. The predicted molar refractivity (Wildman–Crippen MR) is 90.8 cm³/mol. The van der Waals surface area contributed by atoms with Crippen molar-refractivity contribution in [1.82, 2.24) is 9.62 Å². The average molecular weight is 375 g/mol. The van der Waals surface area contributed by atoms with Crippen LogP contribution in [0.15, 0.2) is 40.2 Å². The summed E-state index contributed by atoms with van der Waals surface area (Å²) < 4.78 is 27.2. The van der Waals surface area contributed by atoms with Gasteiger partial charge < -0.3 is 5.32 Å². The Hall–Kier alpha value is -0.690. The fraction of sp³-hybridized carbons (Fsp3) is 0.467. The Morgan fingerprint density at radius 3 is 2.62 bits per heavy atom. The molecule has 0 aromatic heterocycles. The first kappa shape index (κ1) is 18.4. The van der Waals surface area contributed by atoms with Crippen LogP contribution in [0.2, 0.25) is 0 Å². The van der Waals surface area contributed by atoms with E-state index in [4.69, 9.17) is 0 Å². The number of nitrogens with one attached hydrogen (secondary N) is 1. The second kappa shape index (κ2) is 8.68. The second-order valence-electron chi connectivity index (χ2n) is 4.69. The van der Waals surface area contributed by atoms with E-state index in [2.05, 4.69) is 34.7 Å². The maximum Gasteiger partial charge on any atom is 0.244 e. The van der Waals surface area contributed by atoms with Crippen molar-refractivity contribution in [2.24, 2.45) is 0 Å². The second-order valence-corrected chi connectivity index (χ2v) is 7.45. The number of rotatable bonds is 9. The first-order chi connectivity index (χ1) is 9.97. The maximum atomic E-state index is 12.6. The summed E-state index contributed by atoms with van der Waals surface area (Å²) in [5.74, 6) is 0. The topological polar surface area (TPSA) is 49.4 Å². The zero-order chi connectivity index (χ0) is 15.9. The number of hydrogen-bond acceptors (Lipinski definition) is 3. The van der Waals surface area contributed by atoms with E-state index in [1.807, 2.05) is 19.1 Å². The van der Waals surface area contributed by atoms with E-state index >= 15 is 0 Å². The van der Waals surface area contributed by atoms with Gasteiger partial charge in [0.1, 0.15) is 0 Å². The van der Waals surface area contributed by atoms with Crippen LogP contribution < -0.4 is 5.32 Å². The third-order valence-corrected chi connectivity index (χ3v) is 5.97. The first-order valence-corrected chi connectivity index (χ1v) is 9.30. The molecule has 0 bridgehead atoms. The van der Waals surface area contributed by atoms with Gasteiger partial charge in [-0.3, -0.25) is 0 Å². The molecule has 4 nitrogen and oxygen atoms in total. The zero-order valence-electron chi connectivity index (χ0n) is 12.6. The Balaban J connectivity index is 3.00. The van der Waals surface area contributed by atoms with Gasteiger partial charge in [-0.15, -0.1) is 6.58 Å². The highest BCUT2D eigenvalue weighted by atomic mass is 79.9. The van der Waals surface area contributed by atoms with Crippen molar-refractivity contribution < 1.29 is 8.42 Å². The lowest BCUT2D eigenvalue weighted by molar-refractivity contribution is 0.459. The van der Waals surface area contributed by atoms with Crippen LogP contribution in [0, 0.1) is 0 Å². The van der Waals surface area contributed by atoms with E-state index < -0.39 is 10.0 Å². The summed E-state index contributed by atoms with van der Waals surface area (Å²) in [6, 6.07) is 5.37. The molecular weight excluding hydrogens is 352 g/mol. The minimum Gasteiger partial charge on any atom is -0.313 e. The van der Waals surface area contributed by atoms with E-state index in [0.29, 0.717) is 22.5 Å². The molecule has 1 rings (SSSR count). The number of benzene rings is 1. The Morgan fingerprint density at radius 2 is 2.10 bits per heavy atom. The SMILES string of the molecule is C=CCN(CC)S(=O)(=O)c1ccc(CNCCC)cc1Br. The van der Waals surface area contributed by atoms with Gasteiger partial charge in [0, 0.05) is 24.1 Å². The maximum absolute atomic E-state index is 12.6. The van der Waals surface area contributed by atoms with Crippen LogP contribution in [-0.4, -0.2) is 32.4 Å². The van der Waals surface area contributed by atoms with E-state index in [0.717, 1.165) is 25.1 Å². The lowest BCUT2D eigenvalue weighted by Gasteiger charge is -2.20. The molecule has 6 heteroatoms. The summed E-state index contributed by atoms with van der Waals surface area (Å²) in [5, 5.41) is 3.30. The van der Waals surface area contributed by atoms with Gasteiger partial charge in [0.2, 0.25) is 10.0 Å². The number of hydrogen-bond donors (Lipinski definition) is 1. The van der Waals surface area contributed by atoms with Gasteiger partial charge >= 0.3 is 0 Å². The number of nitrogens with zero attached hydrogens (tertiary/aromatic N) is 1. The Bertz CT molecular complexity index is 573. The largest absolute Gasteiger partial charge is 0.313 e. The molecule has 21 heavy (non-hydrogen) atoms. The zero-order valence-corrected chi connectivity index (χ0v) is 15.0. The van der Waals surface area contributed by atoms with Crippen molar-refractivity contribution >= 4 is 26.0 Å². The van der Waals surface area contributed by atoms with Crippen LogP contribution >= 0.6 is 15.9 Å². The van der Waals surface area contributed by atoms with Gasteiger partial charge in [-0.1, -0.05) is 26.0 Å². The normalized spacial score (nSPS) is 11.8. The van der Waals surface area contributed by atoms with Gasteiger partial charge in [0.15, 0.2) is 0 Å². The lowest BCUT2D eigenvalue weighted by Crippen LogP contribution is -2.31.